The SMILES string of the molecule is CC(=O)N1CCOc2ccc(S(=O)(=O)N3CCC(C(=O)Nc4ccc(C(C)C)cc4)CC3)cc21. The lowest BCUT2D eigenvalue weighted by Crippen LogP contribution is -2.41. The predicted octanol–water partition coefficient (Wildman–Crippen LogP) is 3.59. The van der Waals surface area contributed by atoms with Crippen LogP contribution in [0.5, 0.6) is 5.75 Å². The third kappa shape index (κ3) is 4.95. The lowest BCUT2D eigenvalue weighted by Gasteiger charge is -2.32. The van der Waals surface area contributed by atoms with Crippen LogP contribution in [-0.2, 0) is 19.6 Å². The Bertz CT molecular complexity index is 1170. The summed E-state index contributed by atoms with van der Waals surface area (Å²) in [5.41, 5.74) is 2.42. The molecule has 8 nitrogen and oxygen atoms in total. The number of fused-ring (bicyclic) bond motifs is 1. The zero-order valence-corrected chi connectivity index (χ0v) is 20.6. The van der Waals surface area contributed by atoms with Crippen LogP contribution in [0.25, 0.3) is 0 Å². The van der Waals surface area contributed by atoms with E-state index < -0.39 is 10.0 Å². The molecule has 1 N–H and O–H groups in total. The second-order valence-corrected chi connectivity index (χ2v) is 11.0. The van der Waals surface area contributed by atoms with Crippen molar-refractivity contribution in [2.45, 2.75) is 44.4 Å². The molecule has 1 fully saturated rings. The lowest BCUT2D eigenvalue weighted by molar-refractivity contribution is -0.121. The zero-order valence-electron chi connectivity index (χ0n) is 19.8. The van der Waals surface area contributed by atoms with Gasteiger partial charge in [0, 0.05) is 31.6 Å². The summed E-state index contributed by atoms with van der Waals surface area (Å²) >= 11 is 0. The van der Waals surface area contributed by atoms with Crippen molar-refractivity contribution in [3.8, 4) is 5.75 Å². The molecule has 0 radical (unpaired) electrons. The highest BCUT2D eigenvalue weighted by Gasteiger charge is 2.33. The molecule has 4 rings (SSSR count). The smallest absolute Gasteiger partial charge is 0.243 e. The van der Waals surface area contributed by atoms with Crippen LogP contribution < -0.4 is 15.0 Å². The highest BCUT2D eigenvalue weighted by Crippen LogP contribution is 2.35. The number of nitrogens with zero attached hydrogens (tertiary/aromatic N) is 2. The van der Waals surface area contributed by atoms with Crippen molar-refractivity contribution in [1.29, 1.82) is 0 Å². The molecule has 0 aromatic heterocycles. The quantitative estimate of drug-likeness (QED) is 0.698. The van der Waals surface area contributed by atoms with Crippen molar-refractivity contribution in [2.24, 2.45) is 5.92 Å². The molecule has 2 amide bonds. The molecule has 1 saturated heterocycles. The van der Waals surface area contributed by atoms with E-state index >= 15 is 0 Å². The van der Waals surface area contributed by atoms with Crippen molar-refractivity contribution in [3.63, 3.8) is 0 Å². The van der Waals surface area contributed by atoms with Gasteiger partial charge in [0.2, 0.25) is 21.8 Å². The van der Waals surface area contributed by atoms with Crippen molar-refractivity contribution < 1.29 is 22.7 Å². The first-order valence-corrected chi connectivity index (χ1v) is 13.1. The third-order valence-electron chi connectivity index (χ3n) is 6.48. The Morgan fingerprint density at radius 1 is 1.03 bits per heavy atom. The lowest BCUT2D eigenvalue weighted by atomic mass is 9.97. The van der Waals surface area contributed by atoms with Gasteiger partial charge in [0.05, 0.1) is 17.1 Å². The highest BCUT2D eigenvalue weighted by atomic mass is 32.2. The summed E-state index contributed by atoms with van der Waals surface area (Å²) < 4.78 is 33.6. The number of hydrogen-bond acceptors (Lipinski definition) is 5. The van der Waals surface area contributed by atoms with Gasteiger partial charge >= 0.3 is 0 Å². The van der Waals surface area contributed by atoms with Crippen LogP contribution in [0.4, 0.5) is 11.4 Å². The summed E-state index contributed by atoms with van der Waals surface area (Å²) in [6.07, 6.45) is 0.894. The Morgan fingerprint density at radius 3 is 2.32 bits per heavy atom. The number of ether oxygens (including phenoxy) is 1. The normalized spacial score (nSPS) is 17.2. The number of anilines is 2. The van der Waals surface area contributed by atoms with Crippen LogP contribution in [0, 0.1) is 5.92 Å². The number of benzene rings is 2. The summed E-state index contributed by atoms with van der Waals surface area (Å²) in [4.78, 5) is 26.4. The summed E-state index contributed by atoms with van der Waals surface area (Å²) in [6, 6.07) is 12.4. The molecule has 0 spiro atoms. The van der Waals surface area contributed by atoms with Gasteiger partial charge in [-0.05, 0) is 54.7 Å². The molecule has 182 valence electrons. The Hall–Kier alpha value is -2.91. The molecule has 2 aromatic carbocycles. The number of carbonyl (C=O) groups is 2. The van der Waals surface area contributed by atoms with Crippen LogP contribution in [0.3, 0.4) is 0 Å². The van der Waals surface area contributed by atoms with E-state index in [9.17, 15) is 18.0 Å². The van der Waals surface area contributed by atoms with Crippen molar-refractivity contribution in [1.82, 2.24) is 4.31 Å². The highest BCUT2D eigenvalue weighted by molar-refractivity contribution is 7.89. The third-order valence-corrected chi connectivity index (χ3v) is 8.38. The minimum atomic E-state index is -3.76. The molecule has 0 saturated carbocycles. The predicted molar refractivity (Wildman–Crippen MR) is 131 cm³/mol. The fourth-order valence-corrected chi connectivity index (χ4v) is 5.88. The number of sulfonamides is 1. The molecular weight excluding hydrogens is 454 g/mol. The van der Waals surface area contributed by atoms with E-state index in [1.54, 1.807) is 6.07 Å². The van der Waals surface area contributed by atoms with E-state index in [-0.39, 0.29) is 35.7 Å². The topological polar surface area (TPSA) is 96.0 Å². The molecular formula is C25H31N3O5S. The molecule has 0 unspecified atom stereocenters. The van der Waals surface area contributed by atoms with Gasteiger partial charge in [-0.1, -0.05) is 26.0 Å². The van der Waals surface area contributed by atoms with E-state index in [1.807, 2.05) is 24.3 Å². The van der Waals surface area contributed by atoms with E-state index in [0.29, 0.717) is 43.3 Å². The van der Waals surface area contributed by atoms with Gasteiger partial charge in [-0.25, -0.2) is 8.42 Å². The van der Waals surface area contributed by atoms with E-state index in [1.165, 1.54) is 33.8 Å². The second kappa shape index (κ2) is 9.76. The fourth-order valence-electron chi connectivity index (χ4n) is 4.39. The first kappa shape index (κ1) is 24.2. The van der Waals surface area contributed by atoms with Gasteiger partial charge < -0.3 is 15.0 Å². The van der Waals surface area contributed by atoms with Gasteiger partial charge in [0.1, 0.15) is 12.4 Å². The molecule has 0 bridgehead atoms. The number of carbonyl (C=O) groups excluding carboxylic acids is 2. The first-order chi connectivity index (χ1) is 16.2. The molecule has 2 aliphatic rings. The number of nitrogens with one attached hydrogen (secondary N) is 1. The van der Waals surface area contributed by atoms with Gasteiger partial charge in [-0.2, -0.15) is 4.31 Å². The minimum absolute atomic E-state index is 0.0858. The zero-order chi connectivity index (χ0) is 24.5. The summed E-state index contributed by atoms with van der Waals surface area (Å²) in [5, 5.41) is 2.95. The first-order valence-electron chi connectivity index (χ1n) is 11.6. The van der Waals surface area contributed by atoms with Crippen molar-refractivity contribution in [2.75, 3.05) is 36.5 Å². The summed E-state index contributed by atoms with van der Waals surface area (Å²) in [6.45, 7) is 6.96. The maximum absolute atomic E-state index is 13.3. The van der Waals surface area contributed by atoms with Crippen LogP contribution in [-0.4, -0.2) is 50.8 Å². The molecule has 2 aromatic rings. The standard InChI is InChI=1S/C25H31N3O5S/c1-17(2)19-4-6-21(7-5-19)26-25(30)20-10-12-27(13-11-20)34(31,32)22-8-9-24-23(16-22)28(18(3)29)14-15-33-24/h4-9,16-17,20H,10-15H2,1-3H3,(H,26,30). The van der Waals surface area contributed by atoms with Gasteiger partial charge in [-0.15, -0.1) is 0 Å². The maximum Gasteiger partial charge on any atom is 0.243 e. The van der Waals surface area contributed by atoms with E-state index in [4.69, 9.17) is 4.74 Å². The average molecular weight is 486 g/mol. The monoisotopic (exact) mass is 485 g/mol. The Morgan fingerprint density at radius 2 is 1.71 bits per heavy atom. The van der Waals surface area contributed by atoms with Crippen molar-refractivity contribution >= 4 is 33.2 Å². The van der Waals surface area contributed by atoms with Crippen LogP contribution in [0.1, 0.15) is 45.1 Å². The Kier molecular flexibility index (Phi) is 6.95. The fraction of sp³-hybridized carbons (Fsp3) is 0.440. The van der Waals surface area contributed by atoms with Gasteiger partial charge in [-0.3, -0.25) is 9.59 Å². The van der Waals surface area contributed by atoms with Crippen LogP contribution >= 0.6 is 0 Å². The largest absolute Gasteiger partial charge is 0.490 e. The number of hydrogen-bond donors (Lipinski definition) is 1. The molecule has 0 atom stereocenters. The van der Waals surface area contributed by atoms with E-state index in [0.717, 1.165) is 5.69 Å². The Labute approximate surface area is 200 Å². The van der Waals surface area contributed by atoms with Crippen LogP contribution in [0.2, 0.25) is 0 Å². The second-order valence-electron chi connectivity index (χ2n) is 9.09. The van der Waals surface area contributed by atoms with Gasteiger partial charge in [0.25, 0.3) is 0 Å². The molecule has 2 heterocycles. The average Bonchev–Trinajstić information content (AvgIpc) is 2.83. The number of piperidine rings is 1. The minimum Gasteiger partial charge on any atom is -0.490 e. The Balaban J connectivity index is 1.41. The maximum atomic E-state index is 13.3. The molecule has 0 aliphatic carbocycles. The summed E-state index contributed by atoms with van der Waals surface area (Å²) in [5.74, 6) is 0.421. The van der Waals surface area contributed by atoms with Gasteiger partial charge in [0.15, 0.2) is 0 Å². The molecule has 9 heteroatoms. The molecule has 34 heavy (non-hydrogen) atoms. The van der Waals surface area contributed by atoms with Crippen molar-refractivity contribution in [3.05, 3.63) is 48.0 Å². The van der Waals surface area contributed by atoms with Crippen LogP contribution in [0.15, 0.2) is 47.4 Å². The molecule has 2 aliphatic heterocycles. The van der Waals surface area contributed by atoms with E-state index in [2.05, 4.69) is 19.2 Å². The summed E-state index contributed by atoms with van der Waals surface area (Å²) in [7, 11) is -3.76. The number of rotatable bonds is 5. The number of amides is 2.